The van der Waals surface area contributed by atoms with Gasteiger partial charge in [0, 0.05) is 42.0 Å². The standard InChI is InChI=1S/C15H17ClN2O3/c1-20-13-6-12(16)5-11(15(13)19)9-17-7-10-3-4-14(21-2)18-8-10/h3-6,8,17,19H,7,9H2,1-2H3. The van der Waals surface area contributed by atoms with Gasteiger partial charge >= 0.3 is 0 Å². The molecule has 21 heavy (non-hydrogen) atoms. The number of aromatic hydroxyl groups is 1. The maximum absolute atomic E-state index is 10.0. The van der Waals surface area contributed by atoms with Crippen LogP contribution >= 0.6 is 11.6 Å². The Hall–Kier alpha value is -1.98. The number of nitrogens with one attached hydrogen (secondary N) is 1. The second-order valence-corrected chi connectivity index (χ2v) is 4.86. The van der Waals surface area contributed by atoms with Gasteiger partial charge in [0.15, 0.2) is 11.5 Å². The summed E-state index contributed by atoms with van der Waals surface area (Å²) in [4.78, 5) is 4.13. The van der Waals surface area contributed by atoms with Crippen molar-refractivity contribution < 1.29 is 14.6 Å². The number of methoxy groups -OCH3 is 2. The Labute approximate surface area is 128 Å². The molecule has 5 nitrogen and oxygen atoms in total. The predicted octanol–water partition coefficient (Wildman–Crippen LogP) is 2.75. The van der Waals surface area contributed by atoms with E-state index in [-0.39, 0.29) is 5.75 Å². The van der Waals surface area contributed by atoms with Crippen molar-refractivity contribution >= 4 is 11.6 Å². The molecule has 0 aliphatic heterocycles. The zero-order chi connectivity index (χ0) is 15.2. The molecule has 0 unspecified atom stereocenters. The highest BCUT2D eigenvalue weighted by Crippen LogP contribution is 2.33. The third-order valence-corrected chi connectivity index (χ3v) is 3.21. The molecule has 0 saturated heterocycles. The first-order chi connectivity index (χ1) is 10.1. The molecule has 0 atom stereocenters. The number of halogens is 1. The molecule has 2 aromatic rings. The molecule has 0 bridgehead atoms. The van der Waals surface area contributed by atoms with E-state index in [0.29, 0.717) is 35.3 Å². The van der Waals surface area contributed by atoms with Crippen molar-refractivity contribution in [2.75, 3.05) is 14.2 Å². The lowest BCUT2D eigenvalue weighted by Crippen LogP contribution is -2.13. The summed E-state index contributed by atoms with van der Waals surface area (Å²) in [7, 11) is 3.07. The van der Waals surface area contributed by atoms with Gasteiger partial charge in [-0.25, -0.2) is 4.98 Å². The van der Waals surface area contributed by atoms with Crippen molar-refractivity contribution in [2.45, 2.75) is 13.1 Å². The highest BCUT2D eigenvalue weighted by Gasteiger charge is 2.09. The van der Waals surface area contributed by atoms with Crippen molar-refractivity contribution in [3.05, 3.63) is 46.6 Å². The first-order valence-corrected chi connectivity index (χ1v) is 6.77. The van der Waals surface area contributed by atoms with Crippen molar-refractivity contribution in [2.24, 2.45) is 0 Å². The van der Waals surface area contributed by atoms with Crippen molar-refractivity contribution in [3.8, 4) is 17.4 Å². The normalized spacial score (nSPS) is 10.4. The number of phenols is 1. The summed E-state index contributed by atoms with van der Waals surface area (Å²) in [6.07, 6.45) is 1.74. The quantitative estimate of drug-likeness (QED) is 0.859. The largest absolute Gasteiger partial charge is 0.504 e. The summed E-state index contributed by atoms with van der Waals surface area (Å²) in [5.41, 5.74) is 1.70. The van der Waals surface area contributed by atoms with Crippen LogP contribution in [0, 0.1) is 0 Å². The van der Waals surface area contributed by atoms with Crippen LogP contribution in [0.1, 0.15) is 11.1 Å². The number of aromatic nitrogens is 1. The van der Waals surface area contributed by atoms with Crippen LogP contribution in [0.25, 0.3) is 0 Å². The first kappa shape index (κ1) is 15.4. The van der Waals surface area contributed by atoms with E-state index < -0.39 is 0 Å². The van der Waals surface area contributed by atoms with Gasteiger partial charge in [0.1, 0.15) is 0 Å². The molecule has 0 aliphatic rings. The van der Waals surface area contributed by atoms with E-state index in [2.05, 4.69) is 10.3 Å². The molecule has 1 aromatic carbocycles. The molecular weight excluding hydrogens is 292 g/mol. The summed E-state index contributed by atoms with van der Waals surface area (Å²) < 4.78 is 10.1. The number of pyridine rings is 1. The van der Waals surface area contributed by atoms with Gasteiger partial charge in [-0.15, -0.1) is 0 Å². The Morgan fingerprint density at radius 3 is 2.62 bits per heavy atom. The summed E-state index contributed by atoms with van der Waals surface area (Å²) in [5, 5.41) is 13.8. The Bertz CT molecular complexity index is 603. The number of rotatable bonds is 6. The Morgan fingerprint density at radius 2 is 2.00 bits per heavy atom. The van der Waals surface area contributed by atoms with Gasteiger partial charge in [0.25, 0.3) is 0 Å². The van der Waals surface area contributed by atoms with Gasteiger partial charge < -0.3 is 19.9 Å². The van der Waals surface area contributed by atoms with Crippen LogP contribution in [0.4, 0.5) is 0 Å². The second kappa shape index (κ2) is 7.15. The number of hydrogen-bond donors (Lipinski definition) is 2. The molecule has 112 valence electrons. The highest BCUT2D eigenvalue weighted by molar-refractivity contribution is 6.30. The minimum absolute atomic E-state index is 0.0993. The molecule has 2 rings (SSSR count). The van der Waals surface area contributed by atoms with E-state index in [1.807, 2.05) is 6.07 Å². The fourth-order valence-electron chi connectivity index (χ4n) is 1.90. The number of phenolic OH excluding ortho intramolecular Hbond substituents is 1. The van der Waals surface area contributed by atoms with Crippen LogP contribution in [-0.2, 0) is 13.1 Å². The van der Waals surface area contributed by atoms with Crippen LogP contribution in [0.5, 0.6) is 17.4 Å². The molecule has 6 heteroatoms. The molecule has 1 heterocycles. The summed E-state index contributed by atoms with van der Waals surface area (Å²) in [5.74, 6) is 1.05. The van der Waals surface area contributed by atoms with Crippen LogP contribution in [-0.4, -0.2) is 24.3 Å². The molecule has 1 aromatic heterocycles. The predicted molar refractivity (Wildman–Crippen MR) is 81.0 cm³/mol. The van der Waals surface area contributed by atoms with Gasteiger partial charge in [-0.2, -0.15) is 0 Å². The SMILES string of the molecule is COc1ccc(CNCc2cc(Cl)cc(OC)c2O)cn1. The summed E-state index contributed by atoms with van der Waals surface area (Å²) >= 11 is 5.99. The molecule has 2 N–H and O–H groups in total. The maximum Gasteiger partial charge on any atom is 0.212 e. The van der Waals surface area contributed by atoms with Gasteiger partial charge in [-0.05, 0) is 11.6 Å². The molecular formula is C15H17ClN2O3. The third kappa shape index (κ3) is 4.00. The van der Waals surface area contributed by atoms with Crippen LogP contribution in [0.3, 0.4) is 0 Å². The molecule has 0 spiro atoms. The number of nitrogens with zero attached hydrogens (tertiary/aromatic N) is 1. The zero-order valence-corrected chi connectivity index (χ0v) is 12.6. The first-order valence-electron chi connectivity index (χ1n) is 6.39. The van der Waals surface area contributed by atoms with Crippen LogP contribution in [0.15, 0.2) is 30.5 Å². The van der Waals surface area contributed by atoms with Crippen molar-refractivity contribution in [3.63, 3.8) is 0 Å². The minimum Gasteiger partial charge on any atom is -0.504 e. The Balaban J connectivity index is 1.98. The number of benzene rings is 1. The summed E-state index contributed by atoms with van der Waals surface area (Å²) in [6, 6.07) is 7.01. The smallest absolute Gasteiger partial charge is 0.212 e. The molecule has 0 amide bonds. The van der Waals surface area contributed by atoms with Crippen LogP contribution < -0.4 is 14.8 Å². The minimum atomic E-state index is 0.0993. The average Bonchev–Trinajstić information content (AvgIpc) is 2.51. The molecule has 0 radical (unpaired) electrons. The van der Waals surface area contributed by atoms with Crippen molar-refractivity contribution in [1.29, 1.82) is 0 Å². The van der Waals surface area contributed by atoms with Crippen molar-refractivity contribution in [1.82, 2.24) is 10.3 Å². The third-order valence-electron chi connectivity index (χ3n) is 2.99. The van der Waals surface area contributed by atoms with Gasteiger partial charge in [0.2, 0.25) is 5.88 Å². The second-order valence-electron chi connectivity index (χ2n) is 4.43. The fraction of sp³-hybridized carbons (Fsp3) is 0.267. The number of hydrogen-bond acceptors (Lipinski definition) is 5. The molecule has 0 fully saturated rings. The number of ether oxygens (including phenoxy) is 2. The Morgan fingerprint density at radius 1 is 1.19 bits per heavy atom. The Kier molecular flexibility index (Phi) is 5.25. The fourth-order valence-corrected chi connectivity index (χ4v) is 2.13. The monoisotopic (exact) mass is 308 g/mol. The van der Waals surface area contributed by atoms with Gasteiger partial charge in [-0.1, -0.05) is 17.7 Å². The summed E-state index contributed by atoms with van der Waals surface area (Å²) in [6.45, 7) is 1.08. The van der Waals surface area contributed by atoms with E-state index in [1.54, 1.807) is 31.5 Å². The van der Waals surface area contributed by atoms with E-state index in [0.717, 1.165) is 5.56 Å². The zero-order valence-electron chi connectivity index (χ0n) is 11.9. The highest BCUT2D eigenvalue weighted by atomic mass is 35.5. The van der Waals surface area contributed by atoms with E-state index in [4.69, 9.17) is 21.1 Å². The topological polar surface area (TPSA) is 63.6 Å². The van der Waals surface area contributed by atoms with Gasteiger partial charge in [0.05, 0.1) is 14.2 Å². The average molecular weight is 309 g/mol. The lowest BCUT2D eigenvalue weighted by atomic mass is 10.1. The molecule has 0 aliphatic carbocycles. The molecule has 0 saturated carbocycles. The lowest BCUT2D eigenvalue weighted by molar-refractivity contribution is 0.369. The van der Waals surface area contributed by atoms with E-state index in [1.165, 1.54) is 7.11 Å². The maximum atomic E-state index is 10.0. The van der Waals surface area contributed by atoms with E-state index >= 15 is 0 Å². The lowest BCUT2D eigenvalue weighted by Gasteiger charge is -2.11. The van der Waals surface area contributed by atoms with E-state index in [9.17, 15) is 5.11 Å². The van der Waals surface area contributed by atoms with Crippen LogP contribution in [0.2, 0.25) is 5.02 Å². The van der Waals surface area contributed by atoms with Gasteiger partial charge in [-0.3, -0.25) is 0 Å².